The molecule has 0 radical (unpaired) electrons. The summed E-state index contributed by atoms with van der Waals surface area (Å²) in [5.41, 5.74) is 0.354. The van der Waals surface area contributed by atoms with Gasteiger partial charge >= 0.3 is 5.97 Å². The number of nitrogens with one attached hydrogen (secondary N) is 1. The first-order valence-corrected chi connectivity index (χ1v) is 7.05. The first kappa shape index (κ1) is 16.5. The molecule has 110 valence electrons. The molecule has 0 heterocycles. The predicted octanol–water partition coefficient (Wildman–Crippen LogP) is 3.05. The Bertz CT molecular complexity index is 474. The van der Waals surface area contributed by atoms with Crippen molar-refractivity contribution in [3.8, 4) is 0 Å². The van der Waals surface area contributed by atoms with Gasteiger partial charge in [-0.05, 0) is 31.4 Å². The van der Waals surface area contributed by atoms with Crippen molar-refractivity contribution in [3.05, 3.63) is 34.9 Å². The van der Waals surface area contributed by atoms with E-state index in [4.69, 9.17) is 16.3 Å². The van der Waals surface area contributed by atoms with Gasteiger partial charge in [0.15, 0.2) is 0 Å². The average Bonchev–Trinajstić information content (AvgIpc) is 2.38. The fraction of sp³-hybridized carbons (Fsp3) is 0.467. The summed E-state index contributed by atoms with van der Waals surface area (Å²) in [6.45, 7) is 5.98. The summed E-state index contributed by atoms with van der Waals surface area (Å²) in [6.07, 6.45) is 0.523. The van der Waals surface area contributed by atoms with Crippen molar-refractivity contribution in [2.45, 2.75) is 33.2 Å². The van der Waals surface area contributed by atoms with Crippen LogP contribution >= 0.6 is 11.6 Å². The summed E-state index contributed by atoms with van der Waals surface area (Å²) in [4.78, 5) is 24.0. The van der Waals surface area contributed by atoms with Gasteiger partial charge in [-0.2, -0.15) is 0 Å². The zero-order chi connectivity index (χ0) is 15.1. The molecule has 0 unspecified atom stereocenters. The number of carbonyl (C=O) groups excluding carboxylic acids is 2. The fourth-order valence-electron chi connectivity index (χ4n) is 1.81. The van der Waals surface area contributed by atoms with Crippen LogP contribution in [0.3, 0.4) is 0 Å². The molecular formula is C15H20ClNO3. The molecule has 5 heteroatoms. The van der Waals surface area contributed by atoms with Crippen LogP contribution in [0.1, 0.15) is 37.6 Å². The molecule has 20 heavy (non-hydrogen) atoms. The SMILES string of the molecule is CCOC(=O)[C@H](CC(C)C)NC(=O)c1ccccc1Cl. The third-order valence-corrected chi connectivity index (χ3v) is 3.03. The molecule has 0 fully saturated rings. The van der Waals surface area contributed by atoms with Crippen LogP contribution in [0.5, 0.6) is 0 Å². The number of hydrogen-bond acceptors (Lipinski definition) is 3. The maximum atomic E-state index is 12.2. The van der Waals surface area contributed by atoms with Crippen molar-refractivity contribution >= 4 is 23.5 Å². The molecule has 1 atom stereocenters. The molecule has 0 spiro atoms. The first-order valence-electron chi connectivity index (χ1n) is 6.67. The maximum absolute atomic E-state index is 12.2. The lowest BCUT2D eigenvalue weighted by Crippen LogP contribution is -2.42. The third kappa shape index (κ3) is 4.85. The van der Waals surface area contributed by atoms with Gasteiger partial charge in [0, 0.05) is 0 Å². The van der Waals surface area contributed by atoms with E-state index in [0.29, 0.717) is 17.0 Å². The number of esters is 1. The zero-order valence-electron chi connectivity index (χ0n) is 12.0. The quantitative estimate of drug-likeness (QED) is 0.821. The second-order valence-corrected chi connectivity index (χ2v) is 5.29. The summed E-state index contributed by atoms with van der Waals surface area (Å²) < 4.78 is 4.99. The average molecular weight is 298 g/mol. The van der Waals surface area contributed by atoms with Crippen molar-refractivity contribution in [3.63, 3.8) is 0 Å². The van der Waals surface area contributed by atoms with Crippen molar-refractivity contribution in [1.82, 2.24) is 5.32 Å². The second-order valence-electron chi connectivity index (χ2n) is 4.89. The number of carbonyl (C=O) groups is 2. The minimum Gasteiger partial charge on any atom is -0.464 e. The van der Waals surface area contributed by atoms with Crippen molar-refractivity contribution in [2.75, 3.05) is 6.61 Å². The normalized spacial score (nSPS) is 12.1. The molecule has 4 nitrogen and oxygen atoms in total. The molecular weight excluding hydrogens is 278 g/mol. The first-order chi connectivity index (χ1) is 9.45. The minimum absolute atomic E-state index is 0.260. The summed E-state index contributed by atoms with van der Waals surface area (Å²) in [6, 6.07) is 6.07. The Morgan fingerprint density at radius 2 is 1.95 bits per heavy atom. The lowest BCUT2D eigenvalue weighted by Gasteiger charge is -2.19. The largest absolute Gasteiger partial charge is 0.464 e. The van der Waals surface area contributed by atoms with Gasteiger partial charge in [0.25, 0.3) is 5.91 Å². The van der Waals surface area contributed by atoms with Crippen molar-refractivity contribution < 1.29 is 14.3 Å². The van der Waals surface area contributed by atoms with E-state index in [1.54, 1.807) is 31.2 Å². The Kier molecular flexibility index (Phi) is 6.52. The van der Waals surface area contributed by atoms with Gasteiger partial charge in [-0.1, -0.05) is 37.6 Å². The molecule has 1 rings (SSSR count). The van der Waals surface area contributed by atoms with Crippen LogP contribution in [0.25, 0.3) is 0 Å². The Hall–Kier alpha value is -1.55. The van der Waals surface area contributed by atoms with E-state index in [1.807, 2.05) is 13.8 Å². The number of amides is 1. The van der Waals surface area contributed by atoms with Gasteiger partial charge in [0.05, 0.1) is 17.2 Å². The number of hydrogen-bond donors (Lipinski definition) is 1. The Balaban J connectivity index is 2.81. The zero-order valence-corrected chi connectivity index (χ0v) is 12.7. The van der Waals surface area contributed by atoms with Crippen molar-refractivity contribution in [1.29, 1.82) is 0 Å². The van der Waals surface area contributed by atoms with Crippen LogP contribution in [0.2, 0.25) is 5.02 Å². The van der Waals surface area contributed by atoms with E-state index in [2.05, 4.69) is 5.32 Å². The van der Waals surface area contributed by atoms with E-state index in [1.165, 1.54) is 0 Å². The van der Waals surface area contributed by atoms with Crippen LogP contribution < -0.4 is 5.32 Å². The fourth-order valence-corrected chi connectivity index (χ4v) is 2.03. The van der Waals surface area contributed by atoms with Crippen LogP contribution in [0.4, 0.5) is 0 Å². The standard InChI is InChI=1S/C15H20ClNO3/c1-4-20-15(19)13(9-10(2)3)17-14(18)11-7-5-6-8-12(11)16/h5-8,10,13H,4,9H2,1-3H3,(H,17,18)/t13-/m0/s1. The number of ether oxygens (including phenoxy) is 1. The Labute approximate surface area is 124 Å². The minimum atomic E-state index is -0.654. The lowest BCUT2D eigenvalue weighted by atomic mass is 10.0. The molecule has 1 aromatic rings. The topological polar surface area (TPSA) is 55.4 Å². The molecule has 1 aromatic carbocycles. The Morgan fingerprint density at radius 3 is 2.50 bits per heavy atom. The summed E-state index contributed by atoms with van der Waals surface area (Å²) in [5.74, 6) is -0.521. The number of rotatable bonds is 6. The maximum Gasteiger partial charge on any atom is 0.328 e. The summed E-state index contributed by atoms with van der Waals surface area (Å²) >= 11 is 5.97. The number of halogens is 1. The van der Waals surface area contributed by atoms with Crippen LogP contribution in [0.15, 0.2) is 24.3 Å². The highest BCUT2D eigenvalue weighted by atomic mass is 35.5. The second kappa shape index (κ2) is 7.90. The smallest absolute Gasteiger partial charge is 0.328 e. The highest BCUT2D eigenvalue weighted by Gasteiger charge is 2.24. The predicted molar refractivity (Wildman–Crippen MR) is 78.8 cm³/mol. The van der Waals surface area contributed by atoms with Crippen LogP contribution in [0, 0.1) is 5.92 Å². The summed E-state index contributed by atoms with van der Waals surface area (Å²) in [5, 5.41) is 3.05. The van der Waals surface area contributed by atoms with E-state index in [-0.39, 0.29) is 18.4 Å². The van der Waals surface area contributed by atoms with Crippen LogP contribution in [-0.4, -0.2) is 24.5 Å². The van der Waals surface area contributed by atoms with Crippen LogP contribution in [-0.2, 0) is 9.53 Å². The highest BCUT2D eigenvalue weighted by Crippen LogP contribution is 2.15. The van der Waals surface area contributed by atoms with Gasteiger partial charge in [0.1, 0.15) is 6.04 Å². The molecule has 0 saturated heterocycles. The molecule has 0 saturated carbocycles. The molecule has 0 aromatic heterocycles. The summed E-state index contributed by atoms with van der Waals surface area (Å²) in [7, 11) is 0. The van der Waals surface area contributed by atoms with Gasteiger partial charge in [-0.25, -0.2) is 4.79 Å². The molecule has 1 N–H and O–H groups in total. The van der Waals surface area contributed by atoms with Gasteiger partial charge in [-0.15, -0.1) is 0 Å². The monoisotopic (exact) mass is 297 g/mol. The van der Waals surface area contributed by atoms with Gasteiger partial charge in [0.2, 0.25) is 0 Å². The lowest BCUT2D eigenvalue weighted by molar-refractivity contribution is -0.145. The van der Waals surface area contributed by atoms with E-state index >= 15 is 0 Å². The van der Waals surface area contributed by atoms with Gasteiger partial charge in [-0.3, -0.25) is 4.79 Å². The highest BCUT2D eigenvalue weighted by molar-refractivity contribution is 6.33. The molecule has 0 aliphatic heterocycles. The van der Waals surface area contributed by atoms with E-state index in [0.717, 1.165) is 0 Å². The van der Waals surface area contributed by atoms with E-state index in [9.17, 15) is 9.59 Å². The third-order valence-electron chi connectivity index (χ3n) is 2.70. The van der Waals surface area contributed by atoms with E-state index < -0.39 is 12.0 Å². The molecule has 0 aliphatic carbocycles. The van der Waals surface area contributed by atoms with Crippen molar-refractivity contribution in [2.24, 2.45) is 5.92 Å². The number of benzene rings is 1. The molecule has 0 aliphatic rings. The molecule has 1 amide bonds. The molecule has 0 bridgehead atoms. The Morgan fingerprint density at radius 1 is 1.30 bits per heavy atom. The van der Waals surface area contributed by atoms with Gasteiger partial charge < -0.3 is 10.1 Å².